The molecule has 3 rings (SSSR count). The lowest BCUT2D eigenvalue weighted by molar-refractivity contribution is -0.176. The van der Waals surface area contributed by atoms with E-state index in [0.717, 1.165) is 5.32 Å². The third-order valence-electron chi connectivity index (χ3n) is 6.87. The normalized spacial score (nSPS) is 36.3. The highest BCUT2D eigenvalue weighted by atomic mass is 19.4. The molecule has 194 valence electrons. The summed E-state index contributed by atoms with van der Waals surface area (Å²) in [4.78, 5) is 52.3. The quantitative estimate of drug-likeness (QED) is 0.493. The van der Waals surface area contributed by atoms with Gasteiger partial charge >= 0.3 is 12.1 Å². The summed E-state index contributed by atoms with van der Waals surface area (Å²) < 4.78 is 121. The Hall–Kier alpha value is -2.84. The van der Waals surface area contributed by atoms with Gasteiger partial charge in [-0.15, -0.1) is 0 Å². The molecule has 1 saturated carbocycles. The average molecular weight is 510 g/mol. The monoisotopic (exact) mass is 509 g/mol. The minimum Gasteiger partial charge on any atom is -0.356 e. The molecule has 0 aromatic heterocycles. The van der Waals surface area contributed by atoms with Crippen molar-refractivity contribution in [1.82, 2.24) is 20.9 Å². The van der Waals surface area contributed by atoms with Crippen LogP contribution in [0.25, 0.3) is 0 Å². The summed E-state index contributed by atoms with van der Waals surface area (Å²) in [5.41, 5.74) is -5.22. The smallest absolute Gasteiger partial charge is 0.356 e. The number of alkyl halides is 3. The van der Waals surface area contributed by atoms with E-state index in [4.69, 9.17) is 12.3 Å². The average Bonchev–Trinajstić information content (AvgIpc) is 3.11. The van der Waals surface area contributed by atoms with Gasteiger partial charge in [-0.05, 0) is 35.5 Å². The molecule has 2 saturated heterocycles. The summed E-state index contributed by atoms with van der Waals surface area (Å²) in [5, 5.41) is 15.4. The number of fused-ring (bicyclic) bond motifs is 1. The summed E-state index contributed by atoms with van der Waals surface area (Å²) in [6, 6.07) is -5.94. The second-order valence-electron chi connectivity index (χ2n) is 9.62. The summed E-state index contributed by atoms with van der Waals surface area (Å²) >= 11 is 0. The highest BCUT2D eigenvalue weighted by Gasteiger charge is 2.70. The maximum atomic E-state index is 14.1. The lowest BCUT2D eigenvalue weighted by Gasteiger charge is -2.37. The van der Waals surface area contributed by atoms with Crippen LogP contribution in [0.4, 0.5) is 13.2 Å². The SMILES string of the molecule is [2H]C([2H])([2H])C(C(NC(=O)C(F)(F)F)C(=O)N1C[C@H]2[C@H](C2(C)C)[C@@]1([2H])C(=O)N[C@H](C#N)C[C@@H]1CCNC1=O)(C([2H])([2H])[2H])C([2H])([2H])[2H]. The largest absolute Gasteiger partial charge is 0.471 e. The third kappa shape index (κ3) is 5.23. The molecule has 35 heavy (non-hydrogen) atoms. The first kappa shape index (κ1) is 16.0. The molecule has 6 atom stereocenters. The molecule has 0 aromatic carbocycles. The van der Waals surface area contributed by atoms with Crippen molar-refractivity contribution >= 4 is 23.6 Å². The van der Waals surface area contributed by atoms with E-state index >= 15 is 0 Å². The number of piperidine rings is 1. The predicted molar refractivity (Wildman–Crippen MR) is 117 cm³/mol. The third-order valence-corrected chi connectivity index (χ3v) is 6.87. The van der Waals surface area contributed by atoms with Crippen LogP contribution in [-0.4, -0.2) is 65.9 Å². The van der Waals surface area contributed by atoms with E-state index in [1.807, 2.05) is 0 Å². The lowest BCUT2D eigenvalue weighted by atomic mass is 9.85. The second kappa shape index (κ2) is 8.99. The van der Waals surface area contributed by atoms with Crippen LogP contribution in [0.15, 0.2) is 0 Å². The van der Waals surface area contributed by atoms with Crippen LogP contribution >= 0.6 is 0 Å². The van der Waals surface area contributed by atoms with E-state index in [1.165, 1.54) is 0 Å². The summed E-state index contributed by atoms with van der Waals surface area (Å²) in [5.74, 6) is -9.34. The maximum Gasteiger partial charge on any atom is 0.471 e. The zero-order chi connectivity index (χ0) is 34.9. The van der Waals surface area contributed by atoms with Crippen LogP contribution in [-0.2, 0) is 19.2 Å². The van der Waals surface area contributed by atoms with Gasteiger partial charge in [-0.3, -0.25) is 19.2 Å². The van der Waals surface area contributed by atoms with Crippen molar-refractivity contribution in [3.05, 3.63) is 0 Å². The summed E-state index contributed by atoms with van der Waals surface area (Å²) in [6.07, 6.45) is -5.73. The minimum absolute atomic E-state index is 0.208. The van der Waals surface area contributed by atoms with Gasteiger partial charge in [-0.2, -0.15) is 18.4 Å². The van der Waals surface area contributed by atoms with E-state index < -0.39 is 104 Å². The van der Waals surface area contributed by atoms with Gasteiger partial charge < -0.3 is 20.9 Å². The standard InChI is InChI=1S/C23H32F3N5O4/c1-21(2,3)16(30-20(35)23(24,25)26)19(34)31-10-13-14(22(13,4)5)15(31)18(33)29-12(9-27)8-11-6-7-28-17(11)32/h11-16H,6-8,10H2,1-5H3,(H,28,32)(H,29,33)(H,30,35)/t11-,12-,13-,14-,15-,16?/m0/s1/i1D3,2D3,3D3,15D. The van der Waals surface area contributed by atoms with E-state index in [-0.39, 0.29) is 11.3 Å². The van der Waals surface area contributed by atoms with Crippen LogP contribution in [0.5, 0.6) is 0 Å². The molecule has 0 spiro atoms. The van der Waals surface area contributed by atoms with Crippen molar-refractivity contribution in [3.8, 4) is 6.07 Å². The Morgan fingerprint density at radius 3 is 2.49 bits per heavy atom. The Kier molecular flexibility index (Phi) is 4.11. The highest BCUT2D eigenvalue weighted by Crippen LogP contribution is 2.65. The number of rotatable bonds is 6. The number of carbonyl (C=O) groups is 4. The van der Waals surface area contributed by atoms with Crippen LogP contribution in [0.1, 0.15) is 61.0 Å². The van der Waals surface area contributed by atoms with Gasteiger partial charge in [-0.25, -0.2) is 0 Å². The first-order valence-corrected chi connectivity index (χ1v) is 10.8. The molecule has 0 radical (unpaired) electrons. The van der Waals surface area contributed by atoms with Gasteiger partial charge in [0.25, 0.3) is 0 Å². The van der Waals surface area contributed by atoms with Crippen LogP contribution < -0.4 is 16.0 Å². The van der Waals surface area contributed by atoms with Crippen molar-refractivity contribution in [2.24, 2.45) is 28.6 Å². The van der Waals surface area contributed by atoms with E-state index in [1.54, 1.807) is 19.9 Å². The first-order chi connectivity index (χ1) is 20.1. The Morgan fingerprint density at radius 2 is 1.97 bits per heavy atom. The number of amides is 4. The zero-order valence-corrected chi connectivity index (χ0v) is 18.9. The van der Waals surface area contributed by atoms with Gasteiger partial charge in [0.15, 0.2) is 0 Å². The molecule has 12 heteroatoms. The van der Waals surface area contributed by atoms with Gasteiger partial charge in [-0.1, -0.05) is 34.4 Å². The van der Waals surface area contributed by atoms with Gasteiger partial charge in [0, 0.05) is 31.3 Å². The predicted octanol–water partition coefficient (Wildman–Crippen LogP) is 1.10. The second-order valence-corrected chi connectivity index (χ2v) is 9.62. The number of carbonyl (C=O) groups excluding carboxylic acids is 4. The Morgan fingerprint density at radius 1 is 1.31 bits per heavy atom. The zero-order valence-electron chi connectivity index (χ0n) is 28.9. The number of nitrogens with one attached hydrogen (secondary N) is 3. The molecule has 3 fully saturated rings. The molecule has 2 heterocycles. The van der Waals surface area contributed by atoms with Crippen molar-refractivity contribution in [1.29, 1.82) is 5.26 Å². The van der Waals surface area contributed by atoms with E-state index in [0.29, 0.717) is 13.0 Å². The van der Waals surface area contributed by atoms with Crippen molar-refractivity contribution in [2.75, 3.05) is 13.1 Å². The number of nitrogens with zero attached hydrogens (tertiary/aromatic N) is 2. The number of hydrogen-bond donors (Lipinski definition) is 3. The molecular weight excluding hydrogens is 467 g/mol. The minimum atomic E-state index is -5.85. The number of nitriles is 1. The molecule has 0 aromatic rings. The Labute approximate surface area is 216 Å². The fourth-order valence-electron chi connectivity index (χ4n) is 4.82. The van der Waals surface area contributed by atoms with Gasteiger partial charge in [0.1, 0.15) is 18.1 Å². The molecule has 2 aliphatic heterocycles. The van der Waals surface area contributed by atoms with Crippen molar-refractivity contribution < 1.29 is 46.1 Å². The first-order valence-electron chi connectivity index (χ1n) is 15.8. The molecule has 1 unspecified atom stereocenters. The van der Waals surface area contributed by atoms with Crippen molar-refractivity contribution in [2.45, 2.75) is 71.5 Å². The molecule has 9 nitrogen and oxygen atoms in total. The van der Waals surface area contributed by atoms with Crippen LogP contribution in [0, 0.1) is 39.9 Å². The molecule has 3 aliphatic rings. The van der Waals surface area contributed by atoms with Crippen LogP contribution in [0.2, 0.25) is 0 Å². The lowest BCUT2D eigenvalue weighted by Crippen LogP contribution is -2.61. The molecule has 1 aliphatic carbocycles. The number of hydrogen-bond acceptors (Lipinski definition) is 5. The topological polar surface area (TPSA) is 131 Å². The highest BCUT2D eigenvalue weighted by molar-refractivity contribution is 5.95. The number of halogens is 3. The fraction of sp³-hybridized carbons (Fsp3) is 0.783. The van der Waals surface area contributed by atoms with Gasteiger partial charge in [0.2, 0.25) is 17.7 Å². The molecule has 0 bridgehead atoms. The Bertz CT molecular complexity index is 1260. The summed E-state index contributed by atoms with van der Waals surface area (Å²) in [7, 11) is 0. The molecule has 4 amide bonds. The Balaban J connectivity index is 2.17. The van der Waals surface area contributed by atoms with Crippen molar-refractivity contribution in [3.63, 3.8) is 0 Å². The van der Waals surface area contributed by atoms with E-state index in [2.05, 4.69) is 10.6 Å². The molecular formula is C23H32F3N5O4. The van der Waals surface area contributed by atoms with E-state index in [9.17, 15) is 39.0 Å². The summed E-state index contributed by atoms with van der Waals surface area (Å²) in [6.45, 7) is -9.92. The van der Waals surface area contributed by atoms with Crippen LogP contribution in [0.3, 0.4) is 0 Å². The number of likely N-dealkylation sites (tertiary alicyclic amines) is 1. The molecule has 3 N–H and O–H groups in total. The fourth-order valence-corrected chi connectivity index (χ4v) is 4.82. The maximum absolute atomic E-state index is 14.1. The van der Waals surface area contributed by atoms with Gasteiger partial charge in [0.05, 0.1) is 7.44 Å².